The quantitative estimate of drug-likeness (QED) is 0.535. The molecule has 1 N–H and O–H groups in total. The molecule has 0 saturated heterocycles. The predicted octanol–water partition coefficient (Wildman–Crippen LogP) is 2.15. The molecule has 3 atom stereocenters. The summed E-state index contributed by atoms with van der Waals surface area (Å²) in [4.78, 5) is 0. The van der Waals surface area contributed by atoms with Gasteiger partial charge in [0, 0.05) is 12.3 Å². The highest BCUT2D eigenvalue weighted by Crippen LogP contribution is 2.42. The Bertz CT molecular complexity index is 191. The first-order valence-corrected chi connectivity index (χ1v) is 6.67. The zero-order valence-corrected chi connectivity index (χ0v) is 9.15. The van der Waals surface area contributed by atoms with Gasteiger partial charge in [-0.25, -0.2) is 0 Å². The van der Waals surface area contributed by atoms with Gasteiger partial charge < -0.3 is 5.32 Å². The lowest BCUT2D eigenvalue weighted by Crippen LogP contribution is -2.27. The lowest BCUT2D eigenvalue weighted by molar-refractivity contribution is 0.420. The molecule has 0 aromatic carbocycles. The Morgan fingerprint density at radius 1 is 1.38 bits per heavy atom. The van der Waals surface area contributed by atoms with Gasteiger partial charge in [-0.05, 0) is 43.4 Å². The Hall–Kier alpha value is 0.0500. The van der Waals surface area contributed by atoms with Crippen molar-refractivity contribution in [1.82, 2.24) is 5.32 Å². The maximum atomic E-state index is 3.56. The second kappa shape index (κ2) is 4.52. The van der Waals surface area contributed by atoms with Crippen LogP contribution in [0.4, 0.5) is 0 Å². The molecule has 3 unspecified atom stereocenters. The number of thioether (sulfide) groups is 1. The molecule has 2 heteroatoms. The Morgan fingerprint density at radius 2 is 2.31 bits per heavy atom. The molecule has 74 valence electrons. The first-order chi connectivity index (χ1) is 6.40. The van der Waals surface area contributed by atoms with E-state index in [9.17, 15) is 0 Å². The van der Waals surface area contributed by atoms with Crippen molar-refractivity contribution in [2.24, 2.45) is 17.8 Å². The van der Waals surface area contributed by atoms with E-state index in [0.29, 0.717) is 0 Å². The smallest absolute Gasteiger partial charge is 0.00553 e. The average molecular weight is 197 g/mol. The van der Waals surface area contributed by atoms with Crippen molar-refractivity contribution in [3.63, 3.8) is 0 Å². The molecule has 0 spiro atoms. The molecule has 0 amide bonds. The monoisotopic (exact) mass is 197 g/mol. The molecular weight excluding hydrogens is 178 g/mol. The molecule has 1 nitrogen and oxygen atoms in total. The molecule has 2 aliphatic rings. The topological polar surface area (TPSA) is 12.0 Å². The van der Waals surface area contributed by atoms with E-state index in [1.54, 1.807) is 0 Å². The van der Waals surface area contributed by atoms with Crippen molar-refractivity contribution in [2.75, 3.05) is 25.1 Å². The molecular formula is C11H19NS. The Morgan fingerprint density at radius 3 is 2.92 bits per heavy atom. The van der Waals surface area contributed by atoms with Gasteiger partial charge in [-0.3, -0.25) is 0 Å². The largest absolute Gasteiger partial charge is 0.316 e. The van der Waals surface area contributed by atoms with E-state index in [2.05, 4.69) is 23.7 Å². The third kappa shape index (κ3) is 2.29. The second-order valence-corrected chi connectivity index (χ2v) is 5.22. The molecule has 0 aromatic heterocycles. The fourth-order valence-electron chi connectivity index (χ4n) is 2.59. The van der Waals surface area contributed by atoms with Crippen LogP contribution < -0.4 is 5.32 Å². The first-order valence-electron chi connectivity index (χ1n) is 5.28. The number of fused-ring (bicyclic) bond motifs is 2. The molecule has 13 heavy (non-hydrogen) atoms. The number of rotatable bonds is 5. The lowest BCUT2D eigenvalue weighted by Gasteiger charge is -2.18. The van der Waals surface area contributed by atoms with Crippen LogP contribution in [-0.4, -0.2) is 25.1 Å². The molecule has 0 aromatic rings. The van der Waals surface area contributed by atoms with Gasteiger partial charge in [-0.2, -0.15) is 11.8 Å². The van der Waals surface area contributed by atoms with Gasteiger partial charge in [0.05, 0.1) is 0 Å². The third-order valence-corrected chi connectivity index (χ3v) is 3.92. The van der Waals surface area contributed by atoms with E-state index >= 15 is 0 Å². The standard InChI is InChI=1S/C11H19NS/c1-13-5-4-12-8-11-7-9-2-3-10(11)6-9/h2-3,9-12H,4-8H2,1H3. The van der Waals surface area contributed by atoms with Gasteiger partial charge in [0.15, 0.2) is 0 Å². The number of hydrogen-bond donors (Lipinski definition) is 1. The van der Waals surface area contributed by atoms with E-state index in [4.69, 9.17) is 0 Å². The minimum atomic E-state index is 0.909. The molecule has 0 radical (unpaired) electrons. The van der Waals surface area contributed by atoms with Gasteiger partial charge >= 0.3 is 0 Å². The van der Waals surface area contributed by atoms with Crippen LogP contribution in [0.2, 0.25) is 0 Å². The van der Waals surface area contributed by atoms with Crippen LogP contribution in [0.25, 0.3) is 0 Å². The first kappa shape index (κ1) is 9.60. The van der Waals surface area contributed by atoms with E-state index in [1.807, 2.05) is 11.8 Å². The van der Waals surface area contributed by atoms with Crippen LogP contribution in [0.5, 0.6) is 0 Å². The fraction of sp³-hybridized carbons (Fsp3) is 0.818. The third-order valence-electron chi connectivity index (χ3n) is 3.31. The maximum Gasteiger partial charge on any atom is 0.00553 e. The minimum Gasteiger partial charge on any atom is -0.316 e. The molecule has 2 bridgehead atoms. The summed E-state index contributed by atoms with van der Waals surface area (Å²) in [6.07, 6.45) is 9.91. The Balaban J connectivity index is 1.64. The second-order valence-electron chi connectivity index (χ2n) is 4.24. The van der Waals surface area contributed by atoms with Gasteiger partial charge in [-0.15, -0.1) is 0 Å². The zero-order chi connectivity index (χ0) is 9.10. The Kier molecular flexibility index (Phi) is 3.33. The summed E-state index contributed by atoms with van der Waals surface area (Å²) in [6, 6.07) is 0. The number of allylic oxidation sites excluding steroid dienone is 2. The van der Waals surface area contributed by atoms with Gasteiger partial charge in [0.25, 0.3) is 0 Å². The summed E-state index contributed by atoms with van der Waals surface area (Å²) < 4.78 is 0. The van der Waals surface area contributed by atoms with E-state index in [-0.39, 0.29) is 0 Å². The predicted molar refractivity (Wildman–Crippen MR) is 60.1 cm³/mol. The van der Waals surface area contributed by atoms with E-state index in [0.717, 1.165) is 17.8 Å². The van der Waals surface area contributed by atoms with Crippen molar-refractivity contribution in [3.05, 3.63) is 12.2 Å². The highest BCUT2D eigenvalue weighted by Gasteiger charge is 2.34. The lowest BCUT2D eigenvalue weighted by atomic mass is 9.94. The van der Waals surface area contributed by atoms with Crippen LogP contribution in [0.1, 0.15) is 12.8 Å². The summed E-state index contributed by atoms with van der Waals surface area (Å²) in [5, 5.41) is 3.56. The zero-order valence-electron chi connectivity index (χ0n) is 8.33. The van der Waals surface area contributed by atoms with Gasteiger partial charge in [0.1, 0.15) is 0 Å². The van der Waals surface area contributed by atoms with E-state index < -0.39 is 0 Å². The average Bonchev–Trinajstić information content (AvgIpc) is 2.73. The summed E-state index contributed by atoms with van der Waals surface area (Å²) in [5.74, 6) is 4.03. The highest BCUT2D eigenvalue weighted by atomic mass is 32.2. The Labute approximate surface area is 85.4 Å². The molecule has 0 aliphatic heterocycles. The normalized spacial score (nSPS) is 35.9. The fourth-order valence-corrected chi connectivity index (χ4v) is 2.94. The summed E-state index contributed by atoms with van der Waals surface area (Å²) >= 11 is 1.92. The van der Waals surface area contributed by atoms with E-state index in [1.165, 1.54) is 31.7 Å². The summed E-state index contributed by atoms with van der Waals surface area (Å²) in [5.41, 5.74) is 0. The summed E-state index contributed by atoms with van der Waals surface area (Å²) in [7, 11) is 0. The number of hydrogen-bond acceptors (Lipinski definition) is 2. The molecule has 1 saturated carbocycles. The van der Waals surface area contributed by atoms with Gasteiger partial charge in [-0.1, -0.05) is 12.2 Å². The SMILES string of the molecule is CSCCNCC1CC2C=CC1C2. The molecule has 1 fully saturated rings. The van der Waals surface area contributed by atoms with Crippen molar-refractivity contribution < 1.29 is 0 Å². The summed E-state index contributed by atoms with van der Waals surface area (Å²) in [6.45, 7) is 2.42. The number of nitrogens with one attached hydrogen (secondary N) is 1. The van der Waals surface area contributed by atoms with Crippen molar-refractivity contribution in [2.45, 2.75) is 12.8 Å². The van der Waals surface area contributed by atoms with Crippen LogP contribution >= 0.6 is 11.8 Å². The van der Waals surface area contributed by atoms with Crippen molar-refractivity contribution in [1.29, 1.82) is 0 Å². The van der Waals surface area contributed by atoms with Crippen molar-refractivity contribution >= 4 is 11.8 Å². The van der Waals surface area contributed by atoms with Crippen molar-refractivity contribution in [3.8, 4) is 0 Å². The minimum absolute atomic E-state index is 0.909. The van der Waals surface area contributed by atoms with Gasteiger partial charge in [0.2, 0.25) is 0 Å². The van der Waals surface area contributed by atoms with Crippen LogP contribution in [0.15, 0.2) is 12.2 Å². The molecule has 2 rings (SSSR count). The molecule has 2 aliphatic carbocycles. The van der Waals surface area contributed by atoms with Crippen LogP contribution in [0.3, 0.4) is 0 Å². The maximum absolute atomic E-state index is 3.56. The highest BCUT2D eigenvalue weighted by molar-refractivity contribution is 7.98. The van der Waals surface area contributed by atoms with Crippen LogP contribution in [-0.2, 0) is 0 Å². The van der Waals surface area contributed by atoms with Crippen LogP contribution in [0, 0.1) is 17.8 Å². The molecule has 0 heterocycles.